The summed E-state index contributed by atoms with van der Waals surface area (Å²) in [4.78, 5) is 3.73. The van der Waals surface area contributed by atoms with Crippen LogP contribution in [0.5, 0.6) is 0 Å². The fraction of sp³-hybridized carbons (Fsp3) is 0.0833. The molecule has 0 radical (unpaired) electrons. The molecule has 0 saturated carbocycles. The quantitative estimate of drug-likeness (QED) is 0.934. The summed E-state index contributed by atoms with van der Waals surface area (Å²) in [6.45, 7) is 0.395. The van der Waals surface area contributed by atoms with Crippen LogP contribution in [0.2, 0.25) is 0 Å². The van der Waals surface area contributed by atoms with Gasteiger partial charge in [0, 0.05) is 18.4 Å². The number of aromatic nitrogens is 1. The summed E-state index contributed by atoms with van der Waals surface area (Å²) in [6.07, 6.45) is 2.70. The maximum atomic E-state index is 13.2. The number of hydrogen-bond donors (Lipinski definition) is 1. The van der Waals surface area contributed by atoms with Gasteiger partial charge in [-0.3, -0.25) is 4.98 Å². The molecule has 1 heterocycles. The molecule has 0 aliphatic rings. The first kappa shape index (κ1) is 12.0. The van der Waals surface area contributed by atoms with Crippen LogP contribution in [-0.2, 0) is 6.54 Å². The second kappa shape index (κ2) is 5.23. The predicted octanol–water partition coefficient (Wildman–Crippen LogP) is 3.73. The summed E-state index contributed by atoms with van der Waals surface area (Å²) in [5, 5.41) is 2.99. The Morgan fingerprint density at radius 2 is 2.00 bits per heavy atom. The van der Waals surface area contributed by atoms with E-state index in [2.05, 4.69) is 26.2 Å². The average Bonchev–Trinajstić information content (AvgIpc) is 2.31. The third kappa shape index (κ3) is 3.23. The lowest BCUT2D eigenvalue weighted by atomic mass is 10.2. The number of anilines is 1. The minimum atomic E-state index is -0.383. The van der Waals surface area contributed by atoms with E-state index in [0.717, 1.165) is 6.20 Å². The highest BCUT2D eigenvalue weighted by Gasteiger charge is 2.01. The standard InChI is InChI=1S/C12H9BrF2N2/c13-11-2-1-10(4-12(11)15)17-6-8-3-9(14)7-16-5-8/h1-5,7,17H,6H2. The number of rotatable bonds is 3. The first-order chi connectivity index (χ1) is 8.15. The molecule has 0 unspecified atom stereocenters. The normalized spacial score (nSPS) is 10.3. The lowest BCUT2D eigenvalue weighted by molar-refractivity contribution is 0.618. The van der Waals surface area contributed by atoms with Gasteiger partial charge in [-0.15, -0.1) is 0 Å². The van der Waals surface area contributed by atoms with Gasteiger partial charge in [0.1, 0.15) is 11.6 Å². The summed E-state index contributed by atoms with van der Waals surface area (Å²) in [5.74, 6) is -0.723. The molecule has 0 bridgehead atoms. The summed E-state index contributed by atoms with van der Waals surface area (Å²) in [5.41, 5.74) is 1.34. The SMILES string of the molecule is Fc1cncc(CNc2ccc(Br)c(F)c2)c1. The van der Waals surface area contributed by atoms with Crippen molar-refractivity contribution in [1.29, 1.82) is 0 Å². The molecule has 1 aromatic carbocycles. The monoisotopic (exact) mass is 298 g/mol. The Bertz CT molecular complexity index is 532. The molecule has 0 aliphatic carbocycles. The van der Waals surface area contributed by atoms with Gasteiger partial charge in [0.2, 0.25) is 0 Å². The van der Waals surface area contributed by atoms with E-state index in [4.69, 9.17) is 0 Å². The second-order valence-electron chi connectivity index (χ2n) is 3.49. The van der Waals surface area contributed by atoms with E-state index < -0.39 is 0 Å². The van der Waals surface area contributed by atoms with Crippen LogP contribution in [-0.4, -0.2) is 4.98 Å². The fourth-order valence-electron chi connectivity index (χ4n) is 1.36. The van der Waals surface area contributed by atoms with Crippen LogP contribution >= 0.6 is 15.9 Å². The van der Waals surface area contributed by atoms with E-state index in [1.165, 1.54) is 12.1 Å². The Morgan fingerprint density at radius 3 is 2.71 bits per heavy atom. The van der Waals surface area contributed by atoms with Crippen molar-refractivity contribution in [3.05, 3.63) is 58.3 Å². The van der Waals surface area contributed by atoms with Gasteiger partial charge in [0.25, 0.3) is 0 Å². The van der Waals surface area contributed by atoms with Crippen LogP contribution in [0.4, 0.5) is 14.5 Å². The molecule has 2 nitrogen and oxygen atoms in total. The molecule has 2 rings (SSSR count). The maximum absolute atomic E-state index is 13.2. The molecule has 2 aromatic rings. The van der Waals surface area contributed by atoms with Gasteiger partial charge < -0.3 is 5.32 Å². The van der Waals surface area contributed by atoms with E-state index in [1.807, 2.05) is 0 Å². The molecule has 1 aromatic heterocycles. The highest BCUT2D eigenvalue weighted by Crippen LogP contribution is 2.19. The Kier molecular flexibility index (Phi) is 3.68. The molecule has 1 N–H and O–H groups in total. The molecule has 0 spiro atoms. The molecule has 0 saturated heterocycles. The second-order valence-corrected chi connectivity index (χ2v) is 4.35. The van der Waals surface area contributed by atoms with Gasteiger partial charge in [0.05, 0.1) is 10.7 Å². The zero-order chi connectivity index (χ0) is 12.3. The van der Waals surface area contributed by atoms with Crippen molar-refractivity contribution in [2.75, 3.05) is 5.32 Å². The number of benzene rings is 1. The number of halogens is 3. The zero-order valence-electron chi connectivity index (χ0n) is 8.75. The van der Waals surface area contributed by atoms with Crippen LogP contribution in [0.3, 0.4) is 0 Å². The predicted molar refractivity (Wildman–Crippen MR) is 65.6 cm³/mol. The molecule has 88 valence electrons. The van der Waals surface area contributed by atoms with E-state index >= 15 is 0 Å². The summed E-state index contributed by atoms with van der Waals surface area (Å²) >= 11 is 3.07. The van der Waals surface area contributed by atoms with Gasteiger partial charge in [-0.05, 0) is 45.8 Å². The van der Waals surface area contributed by atoms with Gasteiger partial charge in [-0.2, -0.15) is 0 Å². The van der Waals surface area contributed by atoms with Gasteiger partial charge in [-0.25, -0.2) is 8.78 Å². The largest absolute Gasteiger partial charge is 0.381 e. The number of hydrogen-bond acceptors (Lipinski definition) is 2. The highest BCUT2D eigenvalue weighted by molar-refractivity contribution is 9.10. The molecule has 5 heteroatoms. The summed E-state index contributed by atoms with van der Waals surface area (Å²) in [6, 6.07) is 6.10. The van der Waals surface area contributed by atoms with E-state index in [9.17, 15) is 8.78 Å². The van der Waals surface area contributed by atoms with Gasteiger partial charge in [0.15, 0.2) is 0 Å². The van der Waals surface area contributed by atoms with Crippen molar-refractivity contribution in [3.8, 4) is 0 Å². The number of nitrogens with one attached hydrogen (secondary N) is 1. The summed E-state index contributed by atoms with van der Waals surface area (Å²) < 4.78 is 26.5. The van der Waals surface area contributed by atoms with Gasteiger partial charge in [-0.1, -0.05) is 0 Å². The molecular formula is C12H9BrF2N2. The third-order valence-corrected chi connectivity index (χ3v) is 2.82. The van der Waals surface area contributed by atoms with Crippen molar-refractivity contribution < 1.29 is 8.78 Å². The van der Waals surface area contributed by atoms with Crippen LogP contribution < -0.4 is 5.32 Å². The molecule has 0 fully saturated rings. The van der Waals surface area contributed by atoms with Crippen molar-refractivity contribution in [2.45, 2.75) is 6.54 Å². The lowest BCUT2D eigenvalue weighted by Crippen LogP contribution is -2.00. The molecular weight excluding hydrogens is 290 g/mol. The molecule has 0 amide bonds. The van der Waals surface area contributed by atoms with Crippen molar-refractivity contribution in [2.24, 2.45) is 0 Å². The average molecular weight is 299 g/mol. The number of nitrogens with zero attached hydrogens (tertiary/aromatic N) is 1. The fourth-order valence-corrected chi connectivity index (χ4v) is 1.61. The van der Waals surface area contributed by atoms with Crippen LogP contribution in [0.1, 0.15) is 5.56 Å². The topological polar surface area (TPSA) is 24.9 Å². The smallest absolute Gasteiger partial charge is 0.141 e. The molecule has 0 aliphatic heterocycles. The van der Waals surface area contributed by atoms with Crippen LogP contribution in [0.15, 0.2) is 41.1 Å². The zero-order valence-corrected chi connectivity index (χ0v) is 10.3. The first-order valence-corrected chi connectivity index (χ1v) is 5.73. The maximum Gasteiger partial charge on any atom is 0.141 e. The molecule has 17 heavy (non-hydrogen) atoms. The van der Waals surface area contributed by atoms with Crippen molar-refractivity contribution in [3.63, 3.8) is 0 Å². The minimum Gasteiger partial charge on any atom is -0.381 e. The van der Waals surface area contributed by atoms with Crippen LogP contribution in [0, 0.1) is 11.6 Å². The molecule has 0 atom stereocenters. The Labute approximate surface area is 106 Å². The first-order valence-electron chi connectivity index (χ1n) is 4.93. The van der Waals surface area contributed by atoms with E-state index in [0.29, 0.717) is 22.3 Å². The Balaban J connectivity index is 2.05. The van der Waals surface area contributed by atoms with Crippen molar-refractivity contribution >= 4 is 21.6 Å². The Hall–Kier alpha value is -1.49. The minimum absolute atomic E-state index is 0.340. The Morgan fingerprint density at radius 1 is 1.18 bits per heavy atom. The van der Waals surface area contributed by atoms with Gasteiger partial charge >= 0.3 is 0 Å². The van der Waals surface area contributed by atoms with Crippen LogP contribution in [0.25, 0.3) is 0 Å². The third-order valence-electron chi connectivity index (χ3n) is 2.18. The lowest BCUT2D eigenvalue weighted by Gasteiger charge is -2.06. The number of pyridine rings is 1. The van der Waals surface area contributed by atoms with E-state index in [1.54, 1.807) is 18.3 Å². The highest BCUT2D eigenvalue weighted by atomic mass is 79.9. The van der Waals surface area contributed by atoms with Crippen molar-refractivity contribution in [1.82, 2.24) is 4.98 Å². The summed E-state index contributed by atoms with van der Waals surface area (Å²) in [7, 11) is 0. The van der Waals surface area contributed by atoms with E-state index in [-0.39, 0.29) is 11.6 Å².